The Balaban J connectivity index is 1.47. The summed E-state index contributed by atoms with van der Waals surface area (Å²) in [6, 6.07) is 10.8. The maximum atomic E-state index is 4.72. The molecule has 5 aromatic heterocycles. The molecule has 0 aromatic carbocycles. The number of piperidine rings is 1. The molecule has 0 aliphatic carbocycles. The average molecular weight is 415 g/mol. The van der Waals surface area contributed by atoms with E-state index in [1.807, 2.05) is 12.4 Å². The average Bonchev–Trinajstić information content (AvgIpc) is 3.51. The minimum Gasteiger partial charge on any atom is -0.338 e. The number of aromatic amines is 2. The van der Waals surface area contributed by atoms with Gasteiger partial charge in [-0.1, -0.05) is 0 Å². The van der Waals surface area contributed by atoms with Gasteiger partial charge in [-0.2, -0.15) is 5.10 Å². The van der Waals surface area contributed by atoms with Crippen molar-refractivity contribution in [3.8, 4) is 21.8 Å². The predicted octanol–water partition coefficient (Wildman–Crippen LogP) is 5.01. The SMILES string of the molecule is Cc1ccc(-c2ccnc3[nH]c(-c4n[nH]c5cnc(C6CCNCC6)cc45)cc23)s1. The zero-order chi connectivity index (χ0) is 20.1. The van der Waals surface area contributed by atoms with Gasteiger partial charge >= 0.3 is 0 Å². The number of fused-ring (bicyclic) bond motifs is 2. The third-order valence-electron chi connectivity index (χ3n) is 6.02. The number of aromatic nitrogens is 5. The van der Waals surface area contributed by atoms with Crippen molar-refractivity contribution in [1.29, 1.82) is 0 Å². The van der Waals surface area contributed by atoms with E-state index in [0.29, 0.717) is 5.92 Å². The van der Waals surface area contributed by atoms with Gasteiger partial charge in [0.25, 0.3) is 0 Å². The normalized spacial score (nSPS) is 15.4. The van der Waals surface area contributed by atoms with Crippen LogP contribution in [0, 0.1) is 6.92 Å². The van der Waals surface area contributed by atoms with Gasteiger partial charge in [-0.25, -0.2) is 4.98 Å². The van der Waals surface area contributed by atoms with Crippen molar-refractivity contribution in [2.75, 3.05) is 13.1 Å². The molecular weight excluding hydrogens is 392 g/mol. The highest BCUT2D eigenvalue weighted by Crippen LogP contribution is 2.36. The van der Waals surface area contributed by atoms with Gasteiger partial charge in [0.2, 0.25) is 0 Å². The van der Waals surface area contributed by atoms with Crippen molar-refractivity contribution in [2.24, 2.45) is 0 Å². The molecule has 0 spiro atoms. The summed E-state index contributed by atoms with van der Waals surface area (Å²) in [7, 11) is 0. The molecule has 0 amide bonds. The van der Waals surface area contributed by atoms with Crippen LogP contribution in [0.4, 0.5) is 0 Å². The number of thiophene rings is 1. The fourth-order valence-electron chi connectivity index (χ4n) is 4.43. The molecule has 0 atom stereocenters. The third-order valence-corrected chi connectivity index (χ3v) is 7.05. The summed E-state index contributed by atoms with van der Waals surface area (Å²) in [5.41, 5.74) is 6.12. The van der Waals surface area contributed by atoms with E-state index in [2.05, 4.69) is 62.7 Å². The summed E-state index contributed by atoms with van der Waals surface area (Å²) in [6.07, 6.45) is 6.05. The summed E-state index contributed by atoms with van der Waals surface area (Å²) in [4.78, 5) is 15.3. The van der Waals surface area contributed by atoms with E-state index in [1.54, 1.807) is 11.3 Å². The van der Waals surface area contributed by atoms with Crippen molar-refractivity contribution in [3.63, 3.8) is 0 Å². The van der Waals surface area contributed by atoms with Crippen LogP contribution in [0.15, 0.2) is 42.7 Å². The molecule has 0 radical (unpaired) electrons. The largest absolute Gasteiger partial charge is 0.338 e. The highest BCUT2D eigenvalue weighted by molar-refractivity contribution is 7.15. The van der Waals surface area contributed by atoms with Crippen LogP contribution in [0.2, 0.25) is 0 Å². The lowest BCUT2D eigenvalue weighted by Gasteiger charge is -2.22. The van der Waals surface area contributed by atoms with E-state index in [9.17, 15) is 0 Å². The molecule has 1 fully saturated rings. The van der Waals surface area contributed by atoms with Crippen molar-refractivity contribution in [2.45, 2.75) is 25.7 Å². The molecule has 5 aromatic rings. The van der Waals surface area contributed by atoms with E-state index < -0.39 is 0 Å². The molecule has 0 unspecified atom stereocenters. The second kappa shape index (κ2) is 7.04. The zero-order valence-corrected chi connectivity index (χ0v) is 17.5. The first-order valence-corrected chi connectivity index (χ1v) is 11.2. The second-order valence-electron chi connectivity index (χ2n) is 7.97. The van der Waals surface area contributed by atoms with Gasteiger partial charge in [-0.3, -0.25) is 10.1 Å². The number of nitrogens with one attached hydrogen (secondary N) is 3. The minimum absolute atomic E-state index is 0.511. The lowest BCUT2D eigenvalue weighted by Crippen LogP contribution is -2.27. The second-order valence-corrected chi connectivity index (χ2v) is 9.25. The summed E-state index contributed by atoms with van der Waals surface area (Å²) >= 11 is 1.81. The number of nitrogens with zero attached hydrogens (tertiary/aromatic N) is 3. The molecule has 3 N–H and O–H groups in total. The maximum absolute atomic E-state index is 4.72. The molecule has 6 heterocycles. The molecule has 1 aliphatic heterocycles. The first-order chi connectivity index (χ1) is 14.8. The van der Waals surface area contributed by atoms with Crippen molar-refractivity contribution >= 4 is 33.3 Å². The number of H-pyrrole nitrogens is 2. The molecule has 1 saturated heterocycles. The Labute approximate surface area is 177 Å². The Morgan fingerprint density at radius 2 is 1.93 bits per heavy atom. The topological polar surface area (TPSA) is 82.3 Å². The molecular formula is C23H22N6S. The van der Waals surface area contributed by atoms with Crippen LogP contribution in [0.3, 0.4) is 0 Å². The molecule has 0 saturated carbocycles. The fraction of sp³-hybridized carbons (Fsp3) is 0.261. The number of aryl methyl sites for hydroxylation is 1. The van der Waals surface area contributed by atoms with E-state index in [4.69, 9.17) is 4.98 Å². The van der Waals surface area contributed by atoms with E-state index in [1.165, 1.54) is 15.3 Å². The zero-order valence-electron chi connectivity index (χ0n) is 16.7. The summed E-state index contributed by atoms with van der Waals surface area (Å²) in [5.74, 6) is 0.511. The summed E-state index contributed by atoms with van der Waals surface area (Å²) < 4.78 is 0. The first kappa shape index (κ1) is 17.8. The molecule has 7 heteroatoms. The van der Waals surface area contributed by atoms with Crippen LogP contribution in [0.25, 0.3) is 43.8 Å². The third kappa shape index (κ3) is 2.93. The molecule has 0 bridgehead atoms. The van der Waals surface area contributed by atoms with Crippen molar-refractivity contribution in [1.82, 2.24) is 30.5 Å². The van der Waals surface area contributed by atoms with E-state index in [0.717, 1.165) is 64.9 Å². The maximum Gasteiger partial charge on any atom is 0.138 e. The molecule has 1 aliphatic rings. The van der Waals surface area contributed by atoms with Crippen LogP contribution in [0.5, 0.6) is 0 Å². The van der Waals surface area contributed by atoms with Crippen LogP contribution in [0.1, 0.15) is 29.3 Å². The highest BCUT2D eigenvalue weighted by atomic mass is 32.1. The van der Waals surface area contributed by atoms with Crippen molar-refractivity contribution < 1.29 is 0 Å². The number of hydrogen-bond acceptors (Lipinski definition) is 5. The number of hydrogen-bond donors (Lipinski definition) is 3. The molecule has 6 rings (SSSR count). The molecule has 150 valence electrons. The van der Waals surface area contributed by atoms with Gasteiger partial charge in [0, 0.05) is 43.9 Å². The van der Waals surface area contributed by atoms with Gasteiger partial charge in [0.05, 0.1) is 17.4 Å². The quantitative estimate of drug-likeness (QED) is 0.388. The lowest BCUT2D eigenvalue weighted by molar-refractivity contribution is 0.453. The smallest absolute Gasteiger partial charge is 0.138 e. The van der Waals surface area contributed by atoms with Gasteiger partial charge in [0.1, 0.15) is 11.3 Å². The summed E-state index contributed by atoms with van der Waals surface area (Å²) in [6.45, 7) is 4.25. The monoisotopic (exact) mass is 414 g/mol. The Hall–Kier alpha value is -3.03. The Bertz CT molecular complexity index is 1350. The predicted molar refractivity (Wildman–Crippen MR) is 122 cm³/mol. The first-order valence-electron chi connectivity index (χ1n) is 10.4. The van der Waals surface area contributed by atoms with E-state index in [-0.39, 0.29) is 0 Å². The van der Waals surface area contributed by atoms with Gasteiger partial charge in [-0.05, 0) is 63.2 Å². The van der Waals surface area contributed by atoms with Gasteiger partial charge in [-0.15, -0.1) is 11.3 Å². The summed E-state index contributed by atoms with van der Waals surface area (Å²) in [5, 5.41) is 13.4. The number of rotatable bonds is 3. The van der Waals surface area contributed by atoms with Crippen LogP contribution in [-0.2, 0) is 0 Å². The van der Waals surface area contributed by atoms with Gasteiger partial charge in [0.15, 0.2) is 0 Å². The van der Waals surface area contributed by atoms with Crippen LogP contribution < -0.4 is 5.32 Å². The highest BCUT2D eigenvalue weighted by Gasteiger charge is 2.19. The van der Waals surface area contributed by atoms with Crippen molar-refractivity contribution in [3.05, 3.63) is 53.3 Å². The Kier molecular flexibility index (Phi) is 4.17. The number of pyridine rings is 2. The van der Waals surface area contributed by atoms with Crippen LogP contribution >= 0.6 is 11.3 Å². The van der Waals surface area contributed by atoms with Crippen LogP contribution in [-0.4, -0.2) is 38.2 Å². The molecule has 30 heavy (non-hydrogen) atoms. The van der Waals surface area contributed by atoms with Gasteiger partial charge < -0.3 is 10.3 Å². The Morgan fingerprint density at radius 1 is 1.03 bits per heavy atom. The lowest BCUT2D eigenvalue weighted by atomic mass is 9.93. The van der Waals surface area contributed by atoms with E-state index >= 15 is 0 Å². The standard InChI is InChI=1S/C23H22N6S/c1-13-2-3-21(30-13)15-6-9-25-23-16(15)10-19(27-23)22-17-11-18(14-4-7-24-8-5-14)26-12-20(17)28-29-22/h2-3,6,9-12,14,24H,4-5,7-8H2,1H3,(H,25,27)(H,28,29). The fourth-order valence-corrected chi connectivity index (χ4v) is 5.33. The Morgan fingerprint density at radius 3 is 2.77 bits per heavy atom. The minimum atomic E-state index is 0.511. The molecule has 6 nitrogen and oxygen atoms in total.